The third kappa shape index (κ3) is 2.26. The Balaban J connectivity index is 1.73. The molecule has 0 radical (unpaired) electrons. The maximum absolute atomic E-state index is 4.81. The van der Waals surface area contributed by atoms with Crippen LogP contribution in [0.1, 0.15) is 16.8 Å². The summed E-state index contributed by atoms with van der Waals surface area (Å²) in [4.78, 5) is 10.6. The van der Waals surface area contributed by atoms with Crippen LogP contribution in [0.15, 0.2) is 54.2 Å². The lowest BCUT2D eigenvalue weighted by molar-refractivity contribution is 0.787. The van der Waals surface area contributed by atoms with E-state index in [2.05, 4.69) is 47.8 Å². The van der Waals surface area contributed by atoms with Crippen LogP contribution in [-0.2, 0) is 6.54 Å². The Morgan fingerprint density at radius 3 is 2.62 bits per heavy atom. The summed E-state index contributed by atoms with van der Waals surface area (Å²) in [7, 11) is 0. The zero-order valence-corrected chi connectivity index (χ0v) is 15.4. The fraction of sp³-hybridized carbons (Fsp3) is 0.150. The summed E-state index contributed by atoms with van der Waals surface area (Å²) < 4.78 is 4.05. The SMILES string of the molecule is Cc1c(C)n(Cc2ccccc2)c2ncn3nc(-c4cccs4)nc3c12. The second-order valence-corrected chi connectivity index (χ2v) is 7.35. The quantitative estimate of drug-likeness (QED) is 0.477. The molecule has 4 aromatic heterocycles. The van der Waals surface area contributed by atoms with Crippen LogP contribution in [0.2, 0.25) is 0 Å². The van der Waals surface area contributed by atoms with Crippen LogP contribution in [0.5, 0.6) is 0 Å². The first-order chi connectivity index (χ1) is 12.7. The molecule has 5 aromatic rings. The summed E-state index contributed by atoms with van der Waals surface area (Å²) in [6.07, 6.45) is 1.77. The molecule has 0 aliphatic carbocycles. The van der Waals surface area contributed by atoms with Crippen molar-refractivity contribution in [2.75, 3.05) is 0 Å². The third-order valence-corrected chi connectivity index (χ3v) is 5.74. The van der Waals surface area contributed by atoms with E-state index < -0.39 is 0 Å². The van der Waals surface area contributed by atoms with Gasteiger partial charge in [-0.15, -0.1) is 16.4 Å². The van der Waals surface area contributed by atoms with Gasteiger partial charge in [-0.1, -0.05) is 36.4 Å². The summed E-state index contributed by atoms with van der Waals surface area (Å²) in [5.74, 6) is 0.752. The van der Waals surface area contributed by atoms with E-state index in [1.54, 1.807) is 22.2 Å². The van der Waals surface area contributed by atoms with Gasteiger partial charge in [-0.25, -0.2) is 14.5 Å². The van der Waals surface area contributed by atoms with E-state index in [0.29, 0.717) is 0 Å². The van der Waals surface area contributed by atoms with Crippen LogP contribution < -0.4 is 0 Å². The molecule has 4 heterocycles. The van der Waals surface area contributed by atoms with Crippen molar-refractivity contribution in [1.82, 2.24) is 24.1 Å². The molecule has 0 aliphatic heterocycles. The number of nitrogens with zero attached hydrogens (tertiary/aromatic N) is 5. The summed E-state index contributed by atoms with van der Waals surface area (Å²) >= 11 is 1.65. The fourth-order valence-corrected chi connectivity index (χ4v) is 4.05. The molecule has 0 spiro atoms. The smallest absolute Gasteiger partial charge is 0.192 e. The van der Waals surface area contributed by atoms with Crippen LogP contribution in [-0.4, -0.2) is 24.1 Å². The first-order valence-corrected chi connectivity index (χ1v) is 9.39. The lowest BCUT2D eigenvalue weighted by atomic mass is 10.2. The van der Waals surface area contributed by atoms with Crippen molar-refractivity contribution < 1.29 is 0 Å². The molecule has 0 saturated carbocycles. The van der Waals surface area contributed by atoms with Gasteiger partial charge in [-0.2, -0.15) is 0 Å². The lowest BCUT2D eigenvalue weighted by Gasteiger charge is -2.07. The zero-order chi connectivity index (χ0) is 17.7. The molecule has 5 rings (SSSR count). The Labute approximate surface area is 154 Å². The molecule has 0 amide bonds. The second-order valence-electron chi connectivity index (χ2n) is 6.41. The normalized spacial score (nSPS) is 11.6. The van der Waals surface area contributed by atoms with E-state index in [4.69, 9.17) is 9.97 Å². The summed E-state index contributed by atoms with van der Waals surface area (Å²) in [5.41, 5.74) is 5.51. The molecule has 0 atom stereocenters. The van der Waals surface area contributed by atoms with E-state index in [1.165, 1.54) is 16.8 Å². The summed E-state index contributed by atoms with van der Waals surface area (Å²) in [6, 6.07) is 14.5. The minimum Gasteiger partial charge on any atom is -0.325 e. The molecule has 0 aliphatic rings. The molecule has 1 aromatic carbocycles. The van der Waals surface area contributed by atoms with Crippen LogP contribution in [0.4, 0.5) is 0 Å². The van der Waals surface area contributed by atoms with Gasteiger partial charge in [0.1, 0.15) is 12.0 Å². The Bertz CT molecular complexity index is 1220. The number of hydrogen-bond acceptors (Lipinski definition) is 4. The molecule has 26 heavy (non-hydrogen) atoms. The Hall–Kier alpha value is -2.99. The van der Waals surface area contributed by atoms with Crippen LogP contribution in [0.3, 0.4) is 0 Å². The highest BCUT2D eigenvalue weighted by Gasteiger charge is 2.18. The first kappa shape index (κ1) is 15.3. The minimum atomic E-state index is 0.752. The zero-order valence-electron chi connectivity index (χ0n) is 14.5. The van der Waals surface area contributed by atoms with Gasteiger partial charge in [-0.05, 0) is 36.4 Å². The highest BCUT2D eigenvalue weighted by atomic mass is 32.1. The number of thiophene rings is 1. The largest absolute Gasteiger partial charge is 0.325 e. The van der Waals surface area contributed by atoms with Gasteiger partial charge in [0.05, 0.1) is 10.3 Å². The molecule has 0 unspecified atom stereocenters. The molecule has 0 N–H and O–H groups in total. The Morgan fingerprint density at radius 1 is 1.00 bits per heavy atom. The monoisotopic (exact) mass is 359 g/mol. The maximum atomic E-state index is 4.81. The number of hydrogen-bond donors (Lipinski definition) is 0. The molecular formula is C20H17N5S. The van der Waals surface area contributed by atoms with Gasteiger partial charge in [0, 0.05) is 12.2 Å². The molecule has 0 fully saturated rings. The van der Waals surface area contributed by atoms with Crippen molar-refractivity contribution in [3.05, 3.63) is 71.0 Å². The summed E-state index contributed by atoms with van der Waals surface area (Å²) in [6.45, 7) is 5.08. The van der Waals surface area contributed by atoms with Gasteiger partial charge in [-0.3, -0.25) is 0 Å². The van der Waals surface area contributed by atoms with Crippen molar-refractivity contribution in [2.24, 2.45) is 0 Å². The van der Waals surface area contributed by atoms with E-state index in [0.717, 1.165) is 33.9 Å². The topological polar surface area (TPSA) is 48.0 Å². The van der Waals surface area contributed by atoms with Crippen molar-refractivity contribution >= 4 is 28.0 Å². The maximum Gasteiger partial charge on any atom is 0.192 e. The number of rotatable bonds is 3. The van der Waals surface area contributed by atoms with Gasteiger partial charge in [0.2, 0.25) is 0 Å². The highest BCUT2D eigenvalue weighted by molar-refractivity contribution is 7.13. The van der Waals surface area contributed by atoms with E-state index >= 15 is 0 Å². The van der Waals surface area contributed by atoms with E-state index in [-0.39, 0.29) is 0 Å². The van der Waals surface area contributed by atoms with Crippen LogP contribution in [0, 0.1) is 13.8 Å². The second kappa shape index (κ2) is 5.78. The van der Waals surface area contributed by atoms with Crippen molar-refractivity contribution in [2.45, 2.75) is 20.4 Å². The number of fused-ring (bicyclic) bond motifs is 3. The van der Waals surface area contributed by atoms with Crippen LogP contribution in [0.25, 0.3) is 27.4 Å². The molecule has 5 nitrogen and oxygen atoms in total. The number of aromatic nitrogens is 5. The molecule has 6 heteroatoms. The molecule has 0 saturated heterocycles. The van der Waals surface area contributed by atoms with Gasteiger partial charge >= 0.3 is 0 Å². The average Bonchev–Trinajstić information content (AvgIpc) is 3.37. The van der Waals surface area contributed by atoms with Gasteiger partial charge < -0.3 is 4.57 Å². The lowest BCUT2D eigenvalue weighted by Crippen LogP contribution is -2.03. The molecule has 128 valence electrons. The highest BCUT2D eigenvalue weighted by Crippen LogP contribution is 2.29. The first-order valence-electron chi connectivity index (χ1n) is 8.51. The fourth-order valence-electron chi connectivity index (χ4n) is 3.40. The van der Waals surface area contributed by atoms with E-state index in [1.807, 2.05) is 23.6 Å². The van der Waals surface area contributed by atoms with Crippen molar-refractivity contribution in [3.8, 4) is 10.7 Å². The predicted octanol–water partition coefficient (Wildman–Crippen LogP) is 4.47. The van der Waals surface area contributed by atoms with Crippen molar-refractivity contribution in [3.63, 3.8) is 0 Å². The van der Waals surface area contributed by atoms with Gasteiger partial charge in [0.25, 0.3) is 0 Å². The minimum absolute atomic E-state index is 0.752. The summed E-state index contributed by atoms with van der Waals surface area (Å²) in [5, 5.41) is 7.74. The third-order valence-electron chi connectivity index (χ3n) is 4.87. The van der Waals surface area contributed by atoms with Crippen molar-refractivity contribution in [1.29, 1.82) is 0 Å². The van der Waals surface area contributed by atoms with Crippen LogP contribution >= 0.6 is 11.3 Å². The standard InChI is InChI=1S/C20H17N5S/c1-13-14(2)24(11-15-7-4-3-5-8-15)19-17(13)20-22-18(16-9-6-10-26-16)23-25(20)12-21-19/h3-10,12H,11H2,1-2H3. The Morgan fingerprint density at radius 2 is 1.85 bits per heavy atom. The number of aryl methyl sites for hydroxylation is 1. The Kier molecular flexibility index (Phi) is 3.39. The molecule has 0 bridgehead atoms. The van der Waals surface area contributed by atoms with Gasteiger partial charge in [0.15, 0.2) is 11.5 Å². The van der Waals surface area contributed by atoms with E-state index in [9.17, 15) is 0 Å². The molecular weight excluding hydrogens is 342 g/mol. The predicted molar refractivity (Wildman–Crippen MR) is 105 cm³/mol. The average molecular weight is 359 g/mol. The number of benzene rings is 1.